The molecule has 1 aromatic rings. The number of amides is 3. The second kappa shape index (κ2) is 8.14. The van der Waals surface area contributed by atoms with Gasteiger partial charge in [-0.1, -0.05) is 12.1 Å². The van der Waals surface area contributed by atoms with Crippen LogP contribution in [0.5, 0.6) is 0 Å². The molecule has 0 atom stereocenters. The van der Waals surface area contributed by atoms with E-state index >= 15 is 0 Å². The van der Waals surface area contributed by atoms with Crippen molar-refractivity contribution >= 4 is 23.4 Å². The maximum Gasteiger partial charge on any atom is 0.277 e. The highest BCUT2D eigenvalue weighted by atomic mass is 16.3. The molecule has 2 heterocycles. The van der Waals surface area contributed by atoms with Crippen LogP contribution in [0, 0.1) is 0 Å². The minimum atomic E-state index is -0.440. The molecule has 0 spiro atoms. The predicted molar refractivity (Wildman–Crippen MR) is 96.1 cm³/mol. The molecule has 7 nitrogen and oxygen atoms in total. The number of carbonyl (C=O) groups is 3. The van der Waals surface area contributed by atoms with Gasteiger partial charge in [-0.2, -0.15) is 0 Å². The highest BCUT2D eigenvalue weighted by molar-refractivity contribution is 6.17. The molecule has 0 aromatic heterocycles. The van der Waals surface area contributed by atoms with Gasteiger partial charge in [-0.05, 0) is 37.0 Å². The van der Waals surface area contributed by atoms with E-state index in [-0.39, 0.29) is 24.8 Å². The van der Waals surface area contributed by atoms with E-state index in [4.69, 9.17) is 5.11 Å². The summed E-state index contributed by atoms with van der Waals surface area (Å²) in [6.07, 6.45) is 4.61. The van der Waals surface area contributed by atoms with Crippen molar-refractivity contribution in [1.29, 1.82) is 0 Å². The largest absolute Gasteiger partial charge is 0.395 e. The third-order valence-electron chi connectivity index (χ3n) is 4.65. The monoisotopic (exact) mass is 357 g/mol. The summed E-state index contributed by atoms with van der Waals surface area (Å²) in [5.41, 5.74) is 1.94. The first-order valence-electron chi connectivity index (χ1n) is 8.90. The molecule has 0 radical (unpaired) electrons. The molecule has 2 aliphatic heterocycles. The van der Waals surface area contributed by atoms with E-state index in [1.807, 2.05) is 29.2 Å². The van der Waals surface area contributed by atoms with E-state index in [2.05, 4.69) is 5.32 Å². The zero-order valence-electron chi connectivity index (χ0n) is 14.6. The number of imide groups is 1. The van der Waals surface area contributed by atoms with Gasteiger partial charge in [-0.3, -0.25) is 19.3 Å². The first-order valence-corrected chi connectivity index (χ1v) is 8.90. The van der Waals surface area contributed by atoms with Crippen LogP contribution in [-0.2, 0) is 20.8 Å². The molecule has 3 amide bonds. The van der Waals surface area contributed by atoms with Gasteiger partial charge in [0.1, 0.15) is 5.70 Å². The number of nitrogens with one attached hydrogen (secondary N) is 1. The molecule has 3 rings (SSSR count). The van der Waals surface area contributed by atoms with Crippen molar-refractivity contribution in [2.24, 2.45) is 0 Å². The van der Waals surface area contributed by atoms with Crippen LogP contribution in [0.1, 0.15) is 24.8 Å². The van der Waals surface area contributed by atoms with Crippen LogP contribution >= 0.6 is 0 Å². The van der Waals surface area contributed by atoms with Crippen LogP contribution < -0.4 is 5.32 Å². The second-order valence-corrected chi connectivity index (χ2v) is 6.49. The van der Waals surface area contributed by atoms with Gasteiger partial charge in [0, 0.05) is 31.3 Å². The van der Waals surface area contributed by atoms with Crippen LogP contribution in [-0.4, -0.2) is 58.9 Å². The molecule has 7 heteroatoms. The van der Waals surface area contributed by atoms with E-state index in [0.29, 0.717) is 18.5 Å². The number of hydrogen-bond acceptors (Lipinski definition) is 5. The van der Waals surface area contributed by atoms with E-state index in [1.165, 1.54) is 6.08 Å². The lowest BCUT2D eigenvalue weighted by Gasteiger charge is -2.15. The molecule has 1 aromatic carbocycles. The van der Waals surface area contributed by atoms with Crippen molar-refractivity contribution in [3.63, 3.8) is 0 Å². The molecule has 0 saturated carbocycles. The number of nitrogens with zero attached hydrogens (tertiary/aromatic N) is 2. The number of carbonyl (C=O) groups excluding carboxylic acids is 3. The number of aryl methyl sites for hydroxylation is 1. The second-order valence-electron chi connectivity index (χ2n) is 6.49. The van der Waals surface area contributed by atoms with Crippen LogP contribution in [0.15, 0.2) is 36.0 Å². The zero-order valence-corrected chi connectivity index (χ0v) is 14.6. The molecule has 0 bridgehead atoms. The summed E-state index contributed by atoms with van der Waals surface area (Å²) in [5, 5.41) is 11.8. The fraction of sp³-hybridized carbons (Fsp3) is 0.421. The summed E-state index contributed by atoms with van der Waals surface area (Å²) in [6, 6.07) is 7.46. The number of likely N-dealkylation sites (tertiary alicyclic amines) is 1. The third-order valence-corrected chi connectivity index (χ3v) is 4.65. The summed E-state index contributed by atoms with van der Waals surface area (Å²) < 4.78 is 0. The first kappa shape index (κ1) is 18.1. The van der Waals surface area contributed by atoms with E-state index in [0.717, 1.165) is 36.4 Å². The molecular weight excluding hydrogens is 334 g/mol. The number of benzene rings is 1. The topological polar surface area (TPSA) is 90.0 Å². The van der Waals surface area contributed by atoms with Crippen molar-refractivity contribution in [1.82, 2.24) is 9.80 Å². The quantitative estimate of drug-likeness (QED) is 0.708. The van der Waals surface area contributed by atoms with Crippen LogP contribution in [0.3, 0.4) is 0 Å². The molecule has 0 aliphatic carbocycles. The number of aliphatic hydroxyl groups is 1. The Kier molecular flexibility index (Phi) is 5.68. The van der Waals surface area contributed by atoms with Gasteiger partial charge in [-0.25, -0.2) is 0 Å². The first-order chi connectivity index (χ1) is 12.6. The Morgan fingerprint density at radius 2 is 1.81 bits per heavy atom. The smallest absolute Gasteiger partial charge is 0.277 e. The van der Waals surface area contributed by atoms with Gasteiger partial charge in [0.25, 0.3) is 11.8 Å². The highest BCUT2D eigenvalue weighted by Gasteiger charge is 2.30. The van der Waals surface area contributed by atoms with E-state index in [9.17, 15) is 14.4 Å². The maximum atomic E-state index is 12.1. The maximum absolute atomic E-state index is 12.1. The third kappa shape index (κ3) is 4.11. The average Bonchev–Trinajstić information content (AvgIpc) is 3.26. The summed E-state index contributed by atoms with van der Waals surface area (Å²) in [4.78, 5) is 38.8. The SMILES string of the molecule is O=C(CCc1ccc(NC2=CC(=O)N(CCO)C2=O)cc1)N1CCCC1. The Bertz CT molecular complexity index is 721. The Morgan fingerprint density at radius 1 is 1.12 bits per heavy atom. The van der Waals surface area contributed by atoms with Crippen molar-refractivity contribution in [3.05, 3.63) is 41.6 Å². The number of rotatable bonds is 7. The summed E-state index contributed by atoms with van der Waals surface area (Å²) in [7, 11) is 0. The molecule has 2 aliphatic rings. The molecule has 0 unspecified atom stereocenters. The summed E-state index contributed by atoms with van der Waals surface area (Å²) >= 11 is 0. The number of β-amino-alcohol motifs (C(OH)–C–C–N with tert-alkyl or cyclic N) is 1. The van der Waals surface area contributed by atoms with Crippen molar-refractivity contribution in [2.75, 3.05) is 31.6 Å². The van der Waals surface area contributed by atoms with Crippen molar-refractivity contribution in [2.45, 2.75) is 25.7 Å². The van der Waals surface area contributed by atoms with Crippen molar-refractivity contribution < 1.29 is 19.5 Å². The molecule has 1 fully saturated rings. The Morgan fingerprint density at radius 3 is 2.46 bits per heavy atom. The summed E-state index contributed by atoms with van der Waals surface area (Å²) in [6.45, 7) is 1.47. The van der Waals surface area contributed by atoms with E-state index in [1.54, 1.807) is 0 Å². The van der Waals surface area contributed by atoms with Gasteiger partial charge in [-0.15, -0.1) is 0 Å². The molecule has 1 saturated heterocycles. The molecule has 26 heavy (non-hydrogen) atoms. The minimum Gasteiger partial charge on any atom is -0.395 e. The average molecular weight is 357 g/mol. The lowest BCUT2D eigenvalue weighted by Crippen LogP contribution is -2.34. The van der Waals surface area contributed by atoms with Crippen molar-refractivity contribution in [3.8, 4) is 0 Å². The van der Waals surface area contributed by atoms with Gasteiger partial charge >= 0.3 is 0 Å². The molecule has 138 valence electrons. The number of aliphatic hydroxyl groups excluding tert-OH is 1. The van der Waals surface area contributed by atoms with Gasteiger partial charge in [0.15, 0.2) is 0 Å². The van der Waals surface area contributed by atoms with Crippen LogP contribution in [0.4, 0.5) is 5.69 Å². The summed E-state index contributed by atoms with van der Waals surface area (Å²) in [5.74, 6) is -0.665. The number of anilines is 1. The molecular formula is C19H23N3O4. The van der Waals surface area contributed by atoms with Gasteiger partial charge < -0.3 is 15.3 Å². The Labute approximate surface area is 152 Å². The predicted octanol–water partition coefficient (Wildman–Crippen LogP) is 0.898. The molecule has 2 N–H and O–H groups in total. The lowest BCUT2D eigenvalue weighted by molar-refractivity contribution is -0.137. The minimum absolute atomic E-state index is 0.0106. The standard InChI is InChI=1S/C19H23N3O4/c23-12-11-22-18(25)13-16(19(22)26)20-15-6-3-14(4-7-15)5-8-17(24)21-9-1-2-10-21/h3-4,6-7,13,20,23H,1-2,5,8-12H2. The zero-order chi connectivity index (χ0) is 18.5. The van der Waals surface area contributed by atoms with E-state index < -0.39 is 11.8 Å². The fourth-order valence-corrected chi connectivity index (χ4v) is 3.20. The van der Waals surface area contributed by atoms with Gasteiger partial charge in [0.05, 0.1) is 13.2 Å². The van der Waals surface area contributed by atoms with Gasteiger partial charge in [0.2, 0.25) is 5.91 Å². The van der Waals surface area contributed by atoms with Crippen LogP contribution in [0.25, 0.3) is 0 Å². The highest BCUT2D eigenvalue weighted by Crippen LogP contribution is 2.18. The van der Waals surface area contributed by atoms with Crippen LogP contribution in [0.2, 0.25) is 0 Å². The lowest BCUT2D eigenvalue weighted by atomic mass is 10.1. The Hall–Kier alpha value is -2.67. The fourth-order valence-electron chi connectivity index (χ4n) is 3.20. The number of hydrogen-bond donors (Lipinski definition) is 2. The Balaban J connectivity index is 1.53. The normalized spacial score (nSPS) is 17.0.